The Morgan fingerprint density at radius 2 is 0.730 bits per heavy atom. The molecule has 2 aromatic carbocycles. The number of likely N-dealkylation sites (N-methyl/N-ethyl adjacent to an activating group) is 1. The van der Waals surface area contributed by atoms with Crippen LogP contribution in [0.4, 0.5) is 4.79 Å². The van der Waals surface area contributed by atoms with Gasteiger partial charge in [-0.2, -0.15) is 0 Å². The highest BCUT2D eigenvalue weighted by Crippen LogP contribution is 2.44. The van der Waals surface area contributed by atoms with E-state index in [0.29, 0.717) is 177 Å². The van der Waals surface area contributed by atoms with Crippen LogP contribution >= 0.6 is 0 Å². The maximum Gasteiger partial charge on any atom is 0.409 e. The number of amides is 1. The smallest absolute Gasteiger partial charge is 0.409 e. The molecule has 1 aliphatic rings. The highest BCUT2D eigenvalue weighted by molar-refractivity contribution is 5.86. The molecule has 0 fully saturated rings. The highest BCUT2D eigenvalue weighted by Gasteiger charge is 2.29. The molecule has 63 heavy (non-hydrogen) atoms. The molecule has 17 heteroatoms. The van der Waals surface area contributed by atoms with Gasteiger partial charge in [0, 0.05) is 25.1 Å². The molecule has 0 radical (unpaired) electrons. The Hall–Kier alpha value is -3.56. The van der Waals surface area contributed by atoms with E-state index < -0.39 is 5.97 Å². The average molecular weight is 894 g/mol. The fourth-order valence-corrected chi connectivity index (χ4v) is 5.83. The lowest BCUT2D eigenvalue weighted by Crippen LogP contribution is -2.32. The summed E-state index contributed by atoms with van der Waals surface area (Å²) in [5.74, 6) is -0.385. The monoisotopic (exact) mass is 893 g/mol. The van der Waals surface area contributed by atoms with Gasteiger partial charge in [0.25, 0.3) is 0 Å². The summed E-state index contributed by atoms with van der Waals surface area (Å²) in [6, 6.07) is 16.6. The Balaban J connectivity index is 0.932. The molecule has 0 heterocycles. The van der Waals surface area contributed by atoms with E-state index in [-0.39, 0.29) is 18.6 Å². The van der Waals surface area contributed by atoms with Gasteiger partial charge in [0.15, 0.2) is 0 Å². The summed E-state index contributed by atoms with van der Waals surface area (Å²) >= 11 is 0. The molecule has 1 aliphatic carbocycles. The molecule has 0 saturated heterocycles. The topological polar surface area (TPSA) is 167 Å². The van der Waals surface area contributed by atoms with Crippen molar-refractivity contribution in [3.05, 3.63) is 71.8 Å². The zero-order valence-corrected chi connectivity index (χ0v) is 37.5. The lowest BCUT2D eigenvalue weighted by atomic mass is 9.98. The van der Waals surface area contributed by atoms with Crippen LogP contribution in [0.5, 0.6) is 0 Å². The van der Waals surface area contributed by atoms with Crippen LogP contribution in [-0.4, -0.2) is 202 Å². The fourth-order valence-electron chi connectivity index (χ4n) is 5.83. The molecular formula is C46H71NO16. The van der Waals surface area contributed by atoms with Crippen LogP contribution in [0.1, 0.15) is 24.0 Å². The van der Waals surface area contributed by atoms with Crippen molar-refractivity contribution in [3.8, 4) is 11.1 Å². The van der Waals surface area contributed by atoms with E-state index >= 15 is 0 Å². The highest BCUT2D eigenvalue weighted by atomic mass is 16.6. The Bertz CT molecular complexity index is 1440. The lowest BCUT2D eigenvalue weighted by molar-refractivity contribution is -0.140. The van der Waals surface area contributed by atoms with E-state index in [4.69, 9.17) is 66.3 Å². The van der Waals surface area contributed by atoms with E-state index in [2.05, 4.69) is 30.8 Å². The maximum absolute atomic E-state index is 12.6. The van der Waals surface area contributed by atoms with Crippen LogP contribution in [0.3, 0.4) is 0 Å². The number of esters is 1. The van der Waals surface area contributed by atoms with Crippen LogP contribution in [0.25, 0.3) is 11.1 Å². The molecule has 356 valence electrons. The molecule has 17 nitrogen and oxygen atoms in total. The van der Waals surface area contributed by atoms with Crippen LogP contribution in [-0.2, 0) is 71.1 Å². The van der Waals surface area contributed by atoms with Gasteiger partial charge in [-0.05, 0) is 29.2 Å². The molecule has 0 aliphatic heterocycles. The number of carbonyl (C=O) groups is 2. The molecule has 0 saturated carbocycles. The van der Waals surface area contributed by atoms with E-state index in [1.165, 1.54) is 27.2 Å². The second-order valence-corrected chi connectivity index (χ2v) is 14.0. The molecule has 2 aromatic rings. The third-order valence-corrected chi connectivity index (χ3v) is 9.12. The number of ether oxygens (including phenoxy) is 14. The first-order chi connectivity index (χ1) is 31.0. The molecule has 0 N–H and O–H groups in total. The SMILES string of the molecule is C=C(C)C(=O)OCCOCCOCCOCCOCCOCCOCCOCCOCCOCCOCCOCCOCCN(C)C(=O)OCC1c2ccccc2-c2ccccc21. The van der Waals surface area contributed by atoms with Gasteiger partial charge in [0.2, 0.25) is 0 Å². The summed E-state index contributed by atoms with van der Waals surface area (Å²) in [7, 11) is 1.71. The predicted molar refractivity (Wildman–Crippen MR) is 233 cm³/mol. The first-order valence-electron chi connectivity index (χ1n) is 21.8. The van der Waals surface area contributed by atoms with Crippen LogP contribution < -0.4 is 0 Å². The van der Waals surface area contributed by atoms with Crippen molar-refractivity contribution < 1.29 is 75.9 Å². The van der Waals surface area contributed by atoms with Crippen molar-refractivity contribution in [2.24, 2.45) is 0 Å². The van der Waals surface area contributed by atoms with Crippen molar-refractivity contribution in [1.82, 2.24) is 4.90 Å². The summed E-state index contributed by atoms with van der Waals surface area (Å²) in [6.45, 7) is 17.0. The Labute approximate surface area is 373 Å². The van der Waals surface area contributed by atoms with Crippen molar-refractivity contribution in [1.29, 1.82) is 0 Å². The Morgan fingerprint density at radius 3 is 1.05 bits per heavy atom. The minimum Gasteiger partial charge on any atom is -0.460 e. The van der Waals surface area contributed by atoms with Crippen LogP contribution in [0, 0.1) is 0 Å². The van der Waals surface area contributed by atoms with Crippen molar-refractivity contribution in [2.75, 3.05) is 185 Å². The van der Waals surface area contributed by atoms with Crippen LogP contribution in [0.15, 0.2) is 60.7 Å². The van der Waals surface area contributed by atoms with Gasteiger partial charge >= 0.3 is 12.1 Å². The van der Waals surface area contributed by atoms with Crippen molar-refractivity contribution in [2.45, 2.75) is 12.8 Å². The standard InChI is InChI=1S/C46H71NO16/c1-39(2)45(48)62-37-36-61-35-34-60-33-32-59-31-30-58-29-28-57-27-26-56-25-24-55-23-22-54-21-20-53-19-18-52-17-16-51-15-14-50-13-12-47(3)46(49)63-38-44-42-10-6-4-8-40(42)41-9-5-7-11-43(41)44/h4-11,44H,1,12-38H2,2-3H3. The molecule has 0 spiro atoms. The van der Waals surface area contributed by atoms with Gasteiger partial charge < -0.3 is 71.2 Å². The molecule has 0 aromatic heterocycles. The molecule has 0 bridgehead atoms. The number of carbonyl (C=O) groups excluding carboxylic acids is 2. The van der Waals surface area contributed by atoms with Gasteiger partial charge in [-0.3, -0.25) is 0 Å². The minimum absolute atomic E-state index is 0.0326. The van der Waals surface area contributed by atoms with Crippen LogP contribution in [0.2, 0.25) is 0 Å². The first kappa shape index (κ1) is 53.8. The fraction of sp³-hybridized carbons (Fsp3) is 0.652. The third kappa shape index (κ3) is 25.5. The normalized spacial score (nSPS) is 12.0. The second kappa shape index (κ2) is 36.7. The summed E-state index contributed by atoms with van der Waals surface area (Å²) in [5, 5.41) is 0. The molecule has 3 rings (SSSR count). The van der Waals surface area contributed by atoms with E-state index in [1.807, 2.05) is 24.3 Å². The zero-order valence-electron chi connectivity index (χ0n) is 37.5. The van der Waals surface area contributed by atoms with Gasteiger partial charge in [0.05, 0.1) is 159 Å². The average Bonchev–Trinajstić information content (AvgIpc) is 3.61. The summed E-state index contributed by atoms with van der Waals surface area (Å²) in [4.78, 5) is 25.4. The molecule has 0 atom stereocenters. The number of hydrogen-bond donors (Lipinski definition) is 0. The van der Waals surface area contributed by atoms with Gasteiger partial charge in [0.1, 0.15) is 13.2 Å². The van der Waals surface area contributed by atoms with E-state index in [0.717, 1.165) is 0 Å². The zero-order chi connectivity index (χ0) is 44.8. The van der Waals surface area contributed by atoms with Gasteiger partial charge in [-0.15, -0.1) is 0 Å². The largest absolute Gasteiger partial charge is 0.460 e. The summed E-state index contributed by atoms with van der Waals surface area (Å²) < 4.78 is 76.5. The Morgan fingerprint density at radius 1 is 0.444 bits per heavy atom. The first-order valence-corrected chi connectivity index (χ1v) is 21.8. The van der Waals surface area contributed by atoms with Gasteiger partial charge in [-0.1, -0.05) is 55.1 Å². The molecule has 1 amide bonds. The summed E-state index contributed by atoms with van der Waals surface area (Å²) in [6.07, 6.45) is -0.369. The van der Waals surface area contributed by atoms with Crippen molar-refractivity contribution >= 4 is 12.1 Å². The number of rotatable bonds is 42. The number of benzene rings is 2. The number of fused-ring (bicyclic) bond motifs is 3. The minimum atomic E-state index is -0.418. The van der Waals surface area contributed by atoms with E-state index in [1.54, 1.807) is 14.0 Å². The van der Waals surface area contributed by atoms with Gasteiger partial charge in [-0.25, -0.2) is 9.59 Å². The Kier molecular flexibility index (Phi) is 31.4. The van der Waals surface area contributed by atoms with Crippen molar-refractivity contribution in [3.63, 3.8) is 0 Å². The molecule has 0 unspecified atom stereocenters. The third-order valence-electron chi connectivity index (χ3n) is 9.12. The quantitative estimate of drug-likeness (QED) is 0.0529. The molecular weight excluding hydrogens is 822 g/mol. The maximum atomic E-state index is 12.6. The second-order valence-electron chi connectivity index (χ2n) is 14.0. The predicted octanol–water partition coefficient (Wildman–Crippen LogP) is 4.19. The number of hydrogen-bond acceptors (Lipinski definition) is 16. The lowest BCUT2D eigenvalue weighted by Gasteiger charge is -2.19. The number of nitrogens with zero attached hydrogens (tertiary/aromatic N) is 1. The summed E-state index contributed by atoms with van der Waals surface area (Å²) in [5.41, 5.74) is 5.15. The van der Waals surface area contributed by atoms with E-state index in [9.17, 15) is 9.59 Å².